The number of imidazole rings is 1. The Balaban J connectivity index is 1.53. The van der Waals surface area contributed by atoms with Crippen molar-refractivity contribution < 1.29 is 9.53 Å². The van der Waals surface area contributed by atoms with Crippen LogP contribution in [-0.2, 0) is 16.6 Å². The number of rotatable bonds is 4. The van der Waals surface area contributed by atoms with Crippen molar-refractivity contribution in [3.05, 3.63) is 18.2 Å². The molecule has 1 N–H and O–H groups in total. The van der Waals surface area contributed by atoms with Crippen molar-refractivity contribution in [3.8, 4) is 0 Å². The van der Waals surface area contributed by atoms with Crippen molar-refractivity contribution >= 4 is 5.91 Å². The zero-order chi connectivity index (χ0) is 16.2. The minimum atomic E-state index is -0.305. The Morgan fingerprint density at radius 1 is 1.52 bits per heavy atom. The van der Waals surface area contributed by atoms with Crippen LogP contribution in [-0.4, -0.2) is 53.2 Å². The summed E-state index contributed by atoms with van der Waals surface area (Å²) in [6, 6.07) is -0.0204. The highest BCUT2D eigenvalue weighted by Crippen LogP contribution is 2.62. The van der Waals surface area contributed by atoms with Crippen molar-refractivity contribution in [2.75, 3.05) is 20.7 Å². The average Bonchev–Trinajstić information content (AvgIpc) is 3.03. The van der Waals surface area contributed by atoms with E-state index in [1.165, 1.54) is 19.3 Å². The number of nitrogens with zero attached hydrogens (tertiary/aromatic N) is 3. The highest BCUT2D eigenvalue weighted by Gasteiger charge is 2.67. The van der Waals surface area contributed by atoms with Gasteiger partial charge in [-0.25, -0.2) is 4.98 Å². The fourth-order valence-electron chi connectivity index (χ4n) is 4.95. The first-order valence-corrected chi connectivity index (χ1v) is 8.59. The molecule has 4 atom stereocenters. The molecule has 1 aromatic heterocycles. The molecule has 1 aromatic rings. The summed E-state index contributed by atoms with van der Waals surface area (Å²) in [4.78, 5) is 19.1. The van der Waals surface area contributed by atoms with Crippen LogP contribution in [0, 0.1) is 11.3 Å². The number of nitrogens with one attached hydrogen (secondary N) is 1. The Bertz CT molecular complexity index is 607. The molecule has 3 fully saturated rings. The van der Waals surface area contributed by atoms with Gasteiger partial charge < -0.3 is 14.6 Å². The molecule has 2 saturated carbocycles. The van der Waals surface area contributed by atoms with Gasteiger partial charge in [0.15, 0.2) is 0 Å². The molecule has 0 radical (unpaired) electrons. The van der Waals surface area contributed by atoms with E-state index in [2.05, 4.69) is 10.3 Å². The van der Waals surface area contributed by atoms with Gasteiger partial charge in [0.25, 0.3) is 0 Å². The Morgan fingerprint density at radius 3 is 2.87 bits per heavy atom. The molecule has 1 spiro atoms. The van der Waals surface area contributed by atoms with Crippen molar-refractivity contribution in [2.24, 2.45) is 18.4 Å². The van der Waals surface area contributed by atoms with Gasteiger partial charge in [-0.3, -0.25) is 9.69 Å². The molecule has 1 amide bonds. The second-order valence-corrected chi connectivity index (χ2v) is 7.61. The highest BCUT2D eigenvalue weighted by molar-refractivity contribution is 5.83. The minimum Gasteiger partial charge on any atom is -0.377 e. The van der Waals surface area contributed by atoms with Crippen LogP contribution in [0.25, 0.3) is 0 Å². The first kappa shape index (κ1) is 15.1. The van der Waals surface area contributed by atoms with E-state index in [1.54, 1.807) is 12.5 Å². The summed E-state index contributed by atoms with van der Waals surface area (Å²) in [5.74, 6) is 0.592. The fraction of sp³-hybridized carbons (Fsp3) is 0.765. The van der Waals surface area contributed by atoms with Crippen LogP contribution in [0.4, 0.5) is 0 Å². The van der Waals surface area contributed by atoms with E-state index in [0.717, 1.165) is 18.7 Å². The van der Waals surface area contributed by atoms with Crippen molar-refractivity contribution in [1.29, 1.82) is 0 Å². The van der Waals surface area contributed by atoms with E-state index in [4.69, 9.17) is 4.74 Å². The largest absolute Gasteiger partial charge is 0.377 e. The topological polar surface area (TPSA) is 59.4 Å². The smallest absolute Gasteiger partial charge is 0.243 e. The zero-order valence-electron chi connectivity index (χ0n) is 14.2. The van der Waals surface area contributed by atoms with Gasteiger partial charge >= 0.3 is 0 Å². The maximum absolute atomic E-state index is 13.0. The number of ether oxygens (including phenoxy) is 1. The molecule has 4 rings (SSSR count). The van der Waals surface area contributed by atoms with Crippen molar-refractivity contribution in [2.45, 2.75) is 43.9 Å². The van der Waals surface area contributed by atoms with Crippen LogP contribution >= 0.6 is 0 Å². The molecule has 2 aliphatic carbocycles. The van der Waals surface area contributed by atoms with Gasteiger partial charge in [0.05, 0.1) is 24.3 Å². The third kappa shape index (κ3) is 2.08. The predicted octanol–water partition coefficient (Wildman–Crippen LogP) is 1.10. The second kappa shape index (κ2) is 5.31. The Kier molecular flexibility index (Phi) is 3.50. The SMILES string of the molecule is CN(C)C(C(=O)NC1C2CCOC2C12CCC2)c1cncn1C. The third-order valence-corrected chi connectivity index (χ3v) is 6.23. The van der Waals surface area contributed by atoms with E-state index in [-0.39, 0.29) is 23.4 Å². The van der Waals surface area contributed by atoms with Crippen LogP contribution < -0.4 is 5.32 Å². The molecule has 1 saturated heterocycles. The van der Waals surface area contributed by atoms with Crippen LogP contribution in [0.15, 0.2) is 12.5 Å². The number of hydrogen-bond donors (Lipinski definition) is 1. The van der Waals surface area contributed by atoms with E-state index in [1.807, 2.05) is 30.6 Å². The van der Waals surface area contributed by atoms with Gasteiger partial charge in [0.1, 0.15) is 6.04 Å². The number of carbonyl (C=O) groups excluding carboxylic acids is 1. The van der Waals surface area contributed by atoms with E-state index < -0.39 is 0 Å². The van der Waals surface area contributed by atoms with Crippen LogP contribution in [0.2, 0.25) is 0 Å². The summed E-state index contributed by atoms with van der Waals surface area (Å²) < 4.78 is 7.87. The maximum Gasteiger partial charge on any atom is 0.243 e. The summed E-state index contributed by atoms with van der Waals surface area (Å²) in [5, 5.41) is 3.38. The van der Waals surface area contributed by atoms with Gasteiger partial charge in [0.2, 0.25) is 5.91 Å². The summed E-state index contributed by atoms with van der Waals surface area (Å²) in [7, 11) is 5.82. The molecule has 4 unspecified atom stereocenters. The highest BCUT2D eigenvalue weighted by atomic mass is 16.5. The Hall–Kier alpha value is -1.40. The number of fused-ring (bicyclic) bond motifs is 2. The summed E-state index contributed by atoms with van der Waals surface area (Å²) in [6.07, 6.45) is 8.64. The lowest BCUT2D eigenvalue weighted by Gasteiger charge is -2.63. The van der Waals surface area contributed by atoms with Crippen LogP contribution in [0.1, 0.15) is 37.4 Å². The monoisotopic (exact) mass is 318 g/mol. The first-order valence-electron chi connectivity index (χ1n) is 8.59. The zero-order valence-corrected chi connectivity index (χ0v) is 14.2. The van der Waals surface area contributed by atoms with Gasteiger partial charge in [-0.15, -0.1) is 0 Å². The van der Waals surface area contributed by atoms with Gasteiger partial charge in [-0.2, -0.15) is 0 Å². The van der Waals surface area contributed by atoms with Crippen molar-refractivity contribution in [3.63, 3.8) is 0 Å². The number of hydrogen-bond acceptors (Lipinski definition) is 4. The molecule has 2 heterocycles. The van der Waals surface area contributed by atoms with Gasteiger partial charge in [-0.1, -0.05) is 6.42 Å². The molecular weight excluding hydrogens is 292 g/mol. The number of aryl methyl sites for hydroxylation is 1. The van der Waals surface area contributed by atoms with E-state index in [0.29, 0.717) is 12.0 Å². The van der Waals surface area contributed by atoms with Gasteiger partial charge in [0, 0.05) is 31.0 Å². The summed E-state index contributed by atoms with van der Waals surface area (Å²) >= 11 is 0. The third-order valence-electron chi connectivity index (χ3n) is 6.23. The normalized spacial score (nSPS) is 32.3. The number of amides is 1. The Morgan fingerprint density at radius 2 is 2.30 bits per heavy atom. The molecule has 0 aromatic carbocycles. The standard InChI is InChI=1S/C17H26N4O2/c1-20(2)13(12-9-18-10-21(12)3)16(22)19-14-11-5-8-23-15(11)17(14)6-4-7-17/h9-11,13-15H,4-8H2,1-3H3,(H,19,22). The quantitative estimate of drug-likeness (QED) is 0.903. The lowest BCUT2D eigenvalue weighted by Crippen LogP contribution is -2.72. The number of carbonyl (C=O) groups is 1. The molecule has 23 heavy (non-hydrogen) atoms. The van der Waals surface area contributed by atoms with E-state index >= 15 is 0 Å². The lowest BCUT2D eigenvalue weighted by atomic mass is 9.46. The predicted molar refractivity (Wildman–Crippen MR) is 85.7 cm³/mol. The molecule has 6 heteroatoms. The fourth-order valence-corrected chi connectivity index (χ4v) is 4.95. The van der Waals surface area contributed by atoms with E-state index in [9.17, 15) is 4.79 Å². The minimum absolute atomic E-state index is 0.0835. The number of aromatic nitrogens is 2. The van der Waals surface area contributed by atoms with Crippen LogP contribution in [0.5, 0.6) is 0 Å². The Labute approximate surface area is 137 Å². The second-order valence-electron chi connectivity index (χ2n) is 7.61. The van der Waals surface area contributed by atoms with Gasteiger partial charge in [-0.05, 0) is 33.4 Å². The molecular formula is C17H26N4O2. The average molecular weight is 318 g/mol. The number of likely N-dealkylation sites (N-methyl/N-ethyl adjacent to an activating group) is 1. The van der Waals surface area contributed by atoms with Crippen LogP contribution in [0.3, 0.4) is 0 Å². The van der Waals surface area contributed by atoms with Crippen molar-refractivity contribution in [1.82, 2.24) is 19.8 Å². The summed E-state index contributed by atoms with van der Waals surface area (Å²) in [6.45, 7) is 0.849. The molecule has 126 valence electrons. The summed E-state index contributed by atoms with van der Waals surface area (Å²) in [5.41, 5.74) is 1.15. The molecule has 6 nitrogen and oxygen atoms in total. The lowest BCUT2D eigenvalue weighted by molar-refractivity contribution is -0.180. The molecule has 0 bridgehead atoms. The maximum atomic E-state index is 13.0. The molecule has 3 aliphatic rings. The first-order chi connectivity index (χ1) is 11.0. The molecule has 1 aliphatic heterocycles.